The van der Waals surface area contributed by atoms with Crippen molar-refractivity contribution in [3.8, 4) is 5.75 Å². The number of carbonyl (C=O) groups excluding carboxylic acids is 3. The highest BCUT2D eigenvalue weighted by Gasteiger charge is 2.30. The van der Waals surface area contributed by atoms with Crippen molar-refractivity contribution in [1.82, 2.24) is 14.8 Å². The Hall–Kier alpha value is -3.07. The molecular weight excluding hydrogens is 366 g/mol. The van der Waals surface area contributed by atoms with Gasteiger partial charge in [0.15, 0.2) is 0 Å². The van der Waals surface area contributed by atoms with Gasteiger partial charge >= 0.3 is 12.0 Å². The summed E-state index contributed by atoms with van der Waals surface area (Å²) in [7, 11) is 1.86. The fourth-order valence-corrected chi connectivity index (χ4v) is 3.20. The number of hydrogen-bond donors (Lipinski definition) is 2. The molecule has 0 bridgehead atoms. The van der Waals surface area contributed by atoms with Crippen molar-refractivity contribution in [2.24, 2.45) is 7.05 Å². The van der Waals surface area contributed by atoms with Crippen molar-refractivity contribution in [1.29, 1.82) is 0 Å². The van der Waals surface area contributed by atoms with Crippen molar-refractivity contribution >= 4 is 28.8 Å². The number of aryl methyl sites for hydroxylation is 1. The molecule has 1 aliphatic rings. The van der Waals surface area contributed by atoms with Crippen LogP contribution in [-0.2, 0) is 16.6 Å². The minimum absolute atomic E-state index is 0.0624. The van der Waals surface area contributed by atoms with Crippen molar-refractivity contribution in [2.45, 2.75) is 20.0 Å². The molecule has 0 spiro atoms. The lowest BCUT2D eigenvalue weighted by molar-refractivity contribution is -0.126. The number of nitrogens with one attached hydrogen (secondary N) is 1. The van der Waals surface area contributed by atoms with E-state index in [1.165, 1.54) is 0 Å². The van der Waals surface area contributed by atoms with Crippen LogP contribution in [-0.4, -0.2) is 64.9 Å². The number of aliphatic hydroxyl groups excluding tert-OH is 1. The van der Waals surface area contributed by atoms with Crippen molar-refractivity contribution < 1.29 is 29.0 Å². The van der Waals surface area contributed by atoms with E-state index >= 15 is 0 Å². The van der Waals surface area contributed by atoms with Gasteiger partial charge in [-0.2, -0.15) is 0 Å². The standard InChI is InChI=1S/C19H23N3O6/c1-4-27-18(25)17-11(2)21(3)15-6-5-13(7-14(15)17)28-10-12(23)9-22-16(24)8-20-19(22)26/h5-7,12,23H,4,8-10H2,1-3H3,(H,20,26). The van der Waals surface area contributed by atoms with Gasteiger partial charge in [0.05, 0.1) is 25.3 Å². The summed E-state index contributed by atoms with van der Waals surface area (Å²) < 4.78 is 12.7. The van der Waals surface area contributed by atoms with Gasteiger partial charge in [-0.1, -0.05) is 0 Å². The Balaban J connectivity index is 1.75. The first-order chi connectivity index (χ1) is 13.3. The summed E-state index contributed by atoms with van der Waals surface area (Å²) >= 11 is 0. The first kappa shape index (κ1) is 19.7. The van der Waals surface area contributed by atoms with Gasteiger partial charge in [-0.25, -0.2) is 9.59 Å². The number of imide groups is 1. The van der Waals surface area contributed by atoms with E-state index in [1.807, 2.05) is 24.6 Å². The predicted octanol–water partition coefficient (Wildman–Crippen LogP) is 0.955. The Bertz CT molecular complexity index is 919. The van der Waals surface area contributed by atoms with Gasteiger partial charge in [-0.05, 0) is 32.0 Å². The van der Waals surface area contributed by atoms with Crippen LogP contribution in [0.3, 0.4) is 0 Å². The maximum absolute atomic E-state index is 12.3. The Morgan fingerprint density at radius 1 is 1.36 bits per heavy atom. The number of β-amino-alcohol motifs (C(OH)–C–C–N with tert-alkyl or cyclic N) is 1. The number of hydrogen-bond acceptors (Lipinski definition) is 6. The molecule has 1 atom stereocenters. The van der Waals surface area contributed by atoms with E-state index in [0.717, 1.165) is 16.1 Å². The number of ether oxygens (including phenoxy) is 2. The lowest BCUT2D eigenvalue weighted by Gasteiger charge is -2.17. The third-order valence-electron chi connectivity index (χ3n) is 4.72. The van der Waals surface area contributed by atoms with Crippen LogP contribution < -0.4 is 10.1 Å². The summed E-state index contributed by atoms with van der Waals surface area (Å²) in [6.07, 6.45) is -1.04. The molecule has 3 amide bonds. The van der Waals surface area contributed by atoms with Crippen molar-refractivity contribution in [3.63, 3.8) is 0 Å². The lowest BCUT2D eigenvalue weighted by atomic mass is 10.1. The van der Waals surface area contributed by atoms with E-state index in [2.05, 4.69) is 5.32 Å². The zero-order valence-corrected chi connectivity index (χ0v) is 16.0. The molecule has 150 valence electrons. The number of benzene rings is 1. The lowest BCUT2D eigenvalue weighted by Crippen LogP contribution is -2.39. The molecule has 1 aliphatic heterocycles. The van der Waals surface area contributed by atoms with Gasteiger partial charge in [0.25, 0.3) is 0 Å². The molecule has 2 heterocycles. The van der Waals surface area contributed by atoms with Gasteiger partial charge in [-0.3, -0.25) is 9.69 Å². The molecule has 1 aromatic heterocycles. The van der Waals surface area contributed by atoms with Crippen LogP contribution in [0.2, 0.25) is 0 Å². The van der Waals surface area contributed by atoms with E-state index in [-0.39, 0.29) is 32.2 Å². The van der Waals surface area contributed by atoms with Crippen LogP contribution in [0.1, 0.15) is 23.0 Å². The van der Waals surface area contributed by atoms with Crippen LogP contribution in [0.5, 0.6) is 5.75 Å². The van der Waals surface area contributed by atoms with Crippen LogP contribution in [0.4, 0.5) is 4.79 Å². The summed E-state index contributed by atoms with van der Waals surface area (Å²) in [5.41, 5.74) is 2.11. The molecule has 3 rings (SSSR count). The minimum Gasteiger partial charge on any atom is -0.491 e. The third kappa shape index (κ3) is 3.65. The largest absolute Gasteiger partial charge is 0.491 e. The van der Waals surface area contributed by atoms with Gasteiger partial charge in [0.1, 0.15) is 18.5 Å². The normalized spacial score (nSPS) is 15.1. The van der Waals surface area contributed by atoms with Gasteiger partial charge in [0, 0.05) is 23.6 Å². The number of aromatic nitrogens is 1. The maximum atomic E-state index is 12.3. The molecule has 1 fully saturated rings. The Labute approximate surface area is 161 Å². The average Bonchev–Trinajstić information content (AvgIpc) is 3.11. The smallest absolute Gasteiger partial charge is 0.340 e. The molecule has 0 aliphatic carbocycles. The summed E-state index contributed by atoms with van der Waals surface area (Å²) in [6, 6.07) is 4.75. The van der Waals surface area contributed by atoms with E-state index in [4.69, 9.17) is 9.47 Å². The zero-order chi connectivity index (χ0) is 20.4. The van der Waals surface area contributed by atoms with Crippen LogP contribution in [0, 0.1) is 6.92 Å². The number of rotatable bonds is 7. The molecule has 1 saturated heterocycles. The topological polar surface area (TPSA) is 110 Å². The zero-order valence-electron chi connectivity index (χ0n) is 16.0. The molecule has 2 N–H and O–H groups in total. The number of nitrogens with zero attached hydrogens (tertiary/aromatic N) is 2. The molecule has 1 unspecified atom stereocenters. The van der Waals surface area contributed by atoms with E-state index in [1.54, 1.807) is 19.1 Å². The van der Waals surface area contributed by atoms with Gasteiger partial charge in [-0.15, -0.1) is 0 Å². The van der Waals surface area contributed by atoms with Crippen molar-refractivity contribution in [2.75, 3.05) is 26.3 Å². The van der Waals surface area contributed by atoms with Crippen LogP contribution >= 0.6 is 0 Å². The predicted molar refractivity (Wildman–Crippen MR) is 100 cm³/mol. The van der Waals surface area contributed by atoms with Crippen LogP contribution in [0.15, 0.2) is 18.2 Å². The highest BCUT2D eigenvalue weighted by Crippen LogP contribution is 2.29. The number of aliphatic hydroxyl groups is 1. The maximum Gasteiger partial charge on any atom is 0.340 e. The number of carbonyl (C=O) groups is 3. The highest BCUT2D eigenvalue weighted by atomic mass is 16.5. The monoisotopic (exact) mass is 389 g/mol. The molecular formula is C19H23N3O6. The molecule has 9 heteroatoms. The number of fused-ring (bicyclic) bond motifs is 1. The Morgan fingerprint density at radius 2 is 2.11 bits per heavy atom. The second-order valence-corrected chi connectivity index (χ2v) is 6.55. The van der Waals surface area contributed by atoms with E-state index < -0.39 is 18.1 Å². The third-order valence-corrected chi connectivity index (χ3v) is 4.72. The van der Waals surface area contributed by atoms with E-state index in [9.17, 15) is 19.5 Å². The fourth-order valence-electron chi connectivity index (χ4n) is 3.20. The Kier molecular flexibility index (Phi) is 5.55. The second kappa shape index (κ2) is 7.89. The minimum atomic E-state index is -1.04. The highest BCUT2D eigenvalue weighted by molar-refractivity contribution is 6.06. The molecule has 9 nitrogen and oxygen atoms in total. The first-order valence-electron chi connectivity index (χ1n) is 8.98. The van der Waals surface area contributed by atoms with Crippen LogP contribution in [0.25, 0.3) is 10.9 Å². The fraction of sp³-hybridized carbons (Fsp3) is 0.421. The van der Waals surface area contributed by atoms with Gasteiger partial charge < -0.3 is 24.5 Å². The second-order valence-electron chi connectivity index (χ2n) is 6.55. The SMILES string of the molecule is CCOC(=O)c1c(C)n(C)c2ccc(OCC(O)CN3C(=O)CNC3=O)cc12. The number of urea groups is 1. The summed E-state index contributed by atoms with van der Waals surface area (Å²) in [6.45, 7) is 3.55. The average molecular weight is 389 g/mol. The van der Waals surface area contributed by atoms with E-state index in [0.29, 0.717) is 16.7 Å². The molecule has 28 heavy (non-hydrogen) atoms. The van der Waals surface area contributed by atoms with Crippen molar-refractivity contribution in [3.05, 3.63) is 29.5 Å². The summed E-state index contributed by atoms with van der Waals surface area (Å²) in [4.78, 5) is 36.4. The summed E-state index contributed by atoms with van der Waals surface area (Å²) in [5.74, 6) is -0.328. The first-order valence-corrected chi connectivity index (χ1v) is 8.98. The summed E-state index contributed by atoms with van der Waals surface area (Å²) in [5, 5.41) is 13.2. The van der Waals surface area contributed by atoms with Gasteiger partial charge in [0.2, 0.25) is 5.91 Å². The molecule has 0 radical (unpaired) electrons. The molecule has 0 saturated carbocycles. The molecule has 1 aromatic carbocycles. The number of esters is 1. The Morgan fingerprint density at radius 3 is 2.75 bits per heavy atom. The molecule has 2 aromatic rings. The quantitative estimate of drug-likeness (QED) is 0.539. The number of amides is 3.